The van der Waals surface area contributed by atoms with E-state index in [9.17, 15) is 14.7 Å². The summed E-state index contributed by atoms with van der Waals surface area (Å²) in [6.45, 7) is 1.74. The van der Waals surface area contributed by atoms with Gasteiger partial charge in [0.1, 0.15) is 0 Å². The first-order valence-electron chi connectivity index (χ1n) is 12.1. The Morgan fingerprint density at radius 3 is 2.50 bits per heavy atom. The number of amides is 2. The maximum absolute atomic E-state index is 13.1. The number of aliphatic hydroxyl groups is 1. The number of rotatable bonds is 4. The Balaban J connectivity index is 1.28. The topological polar surface area (TPSA) is 70.1 Å². The van der Waals surface area contributed by atoms with Crippen molar-refractivity contribution >= 4 is 11.8 Å². The van der Waals surface area contributed by atoms with Gasteiger partial charge in [0.25, 0.3) is 0 Å². The van der Waals surface area contributed by atoms with Gasteiger partial charge in [0.2, 0.25) is 11.8 Å². The van der Waals surface area contributed by atoms with E-state index in [-0.39, 0.29) is 48.9 Å². The molecule has 0 aliphatic carbocycles. The summed E-state index contributed by atoms with van der Waals surface area (Å²) in [6, 6.07) is 17.9. The largest absolute Gasteiger partial charge is 0.394 e. The molecule has 34 heavy (non-hydrogen) atoms. The molecule has 2 aromatic rings. The lowest BCUT2D eigenvalue weighted by Gasteiger charge is -2.59. The summed E-state index contributed by atoms with van der Waals surface area (Å²) in [5.41, 5.74) is 3.20. The molecule has 0 spiro atoms. The van der Waals surface area contributed by atoms with Gasteiger partial charge in [-0.15, -0.1) is 0 Å². The van der Waals surface area contributed by atoms with Gasteiger partial charge in [-0.25, -0.2) is 0 Å². The Labute approximate surface area is 200 Å². The van der Waals surface area contributed by atoms with Crippen LogP contribution in [0.3, 0.4) is 0 Å². The van der Waals surface area contributed by atoms with Crippen molar-refractivity contribution in [3.8, 4) is 11.8 Å². The van der Waals surface area contributed by atoms with E-state index in [2.05, 4.69) is 24.0 Å². The maximum Gasteiger partial charge on any atom is 0.242 e. The van der Waals surface area contributed by atoms with Gasteiger partial charge in [-0.3, -0.25) is 9.59 Å². The van der Waals surface area contributed by atoms with Crippen LogP contribution >= 0.6 is 0 Å². The fraction of sp³-hybridized carbons (Fsp3) is 0.429. The highest BCUT2D eigenvalue weighted by atomic mass is 16.5. The van der Waals surface area contributed by atoms with Gasteiger partial charge in [-0.05, 0) is 36.1 Å². The van der Waals surface area contributed by atoms with Crippen molar-refractivity contribution in [2.24, 2.45) is 5.92 Å². The quantitative estimate of drug-likeness (QED) is 0.714. The first kappa shape index (κ1) is 22.6. The molecule has 2 aromatic carbocycles. The smallest absolute Gasteiger partial charge is 0.242 e. The molecule has 3 saturated heterocycles. The molecule has 0 aromatic heterocycles. The first-order chi connectivity index (χ1) is 16.7. The van der Waals surface area contributed by atoms with Crippen molar-refractivity contribution in [3.63, 3.8) is 0 Å². The number of benzene rings is 2. The van der Waals surface area contributed by atoms with Crippen molar-refractivity contribution in [2.75, 3.05) is 32.9 Å². The zero-order valence-corrected chi connectivity index (χ0v) is 19.2. The van der Waals surface area contributed by atoms with Gasteiger partial charge in [0.15, 0.2) is 0 Å². The predicted molar refractivity (Wildman–Crippen MR) is 128 cm³/mol. The normalized spacial score (nSPS) is 24.6. The van der Waals surface area contributed by atoms with E-state index in [4.69, 9.17) is 4.74 Å². The zero-order chi connectivity index (χ0) is 23.5. The molecular weight excluding hydrogens is 428 g/mol. The van der Waals surface area contributed by atoms with Gasteiger partial charge in [0.05, 0.1) is 25.2 Å². The van der Waals surface area contributed by atoms with E-state index in [1.54, 1.807) is 9.80 Å². The number of hydrogen-bond donors (Lipinski definition) is 1. The molecule has 3 atom stereocenters. The standard InChI is InChI=1S/C28H30N2O4/c31-19-25-27(22-11-9-21(10-12-22)8-4-7-20-5-2-1-3-6-20)24-17-29(18-26(32)30(24)25)28(33)23-13-15-34-16-14-23/h1-3,5-6,9-12,23-25,27,31H,7,13-19H2/t24-,25-,27-/m1/s1. The second-order valence-electron chi connectivity index (χ2n) is 9.34. The Bertz CT molecular complexity index is 1080. The van der Waals surface area contributed by atoms with Gasteiger partial charge < -0.3 is 19.6 Å². The van der Waals surface area contributed by atoms with Gasteiger partial charge >= 0.3 is 0 Å². The van der Waals surface area contributed by atoms with Crippen molar-refractivity contribution in [2.45, 2.75) is 37.3 Å². The van der Waals surface area contributed by atoms with E-state index in [0.717, 1.165) is 11.1 Å². The molecule has 6 heteroatoms. The number of fused-ring (bicyclic) bond motifs is 1. The van der Waals surface area contributed by atoms with Crippen molar-refractivity contribution in [1.29, 1.82) is 0 Å². The zero-order valence-electron chi connectivity index (χ0n) is 19.2. The molecular formula is C28H30N2O4. The Morgan fingerprint density at radius 1 is 1.06 bits per heavy atom. The molecule has 2 amide bonds. The van der Waals surface area contributed by atoms with Crippen LogP contribution in [0, 0.1) is 17.8 Å². The highest BCUT2D eigenvalue weighted by molar-refractivity contribution is 5.88. The third-order valence-electron chi connectivity index (χ3n) is 7.30. The third-order valence-corrected chi connectivity index (χ3v) is 7.30. The summed E-state index contributed by atoms with van der Waals surface area (Å²) in [7, 11) is 0. The van der Waals surface area contributed by atoms with Crippen LogP contribution in [-0.2, 0) is 20.7 Å². The number of piperazine rings is 1. The molecule has 176 valence electrons. The number of aliphatic hydroxyl groups excluding tert-OH is 1. The Hall–Kier alpha value is -3.14. The van der Waals surface area contributed by atoms with Gasteiger partial charge in [-0.1, -0.05) is 54.3 Å². The van der Waals surface area contributed by atoms with Crippen molar-refractivity contribution in [1.82, 2.24) is 9.80 Å². The molecule has 3 fully saturated rings. The fourth-order valence-corrected chi connectivity index (χ4v) is 5.50. The SMILES string of the molecule is O=C(C1CCOCC1)N1CC(=O)N2[C@H](CO)[C@H](c3ccc(C#CCc4ccccc4)cc3)[C@H]2C1. The summed E-state index contributed by atoms with van der Waals surface area (Å²) >= 11 is 0. The average molecular weight is 459 g/mol. The molecule has 6 nitrogen and oxygen atoms in total. The monoisotopic (exact) mass is 458 g/mol. The van der Waals surface area contributed by atoms with Crippen LogP contribution in [0.1, 0.15) is 35.4 Å². The fourth-order valence-electron chi connectivity index (χ4n) is 5.50. The maximum atomic E-state index is 13.1. The number of carbonyl (C=O) groups is 2. The van der Waals surface area contributed by atoms with Crippen LogP contribution in [-0.4, -0.2) is 71.7 Å². The number of hydrogen-bond acceptors (Lipinski definition) is 4. The van der Waals surface area contributed by atoms with Crippen LogP contribution in [0.5, 0.6) is 0 Å². The van der Waals surface area contributed by atoms with Crippen LogP contribution in [0.15, 0.2) is 54.6 Å². The molecule has 1 N–H and O–H groups in total. The number of carbonyl (C=O) groups excluding carboxylic acids is 2. The van der Waals surface area contributed by atoms with Crippen LogP contribution in [0.4, 0.5) is 0 Å². The lowest BCUT2D eigenvalue weighted by atomic mass is 9.73. The Morgan fingerprint density at radius 2 is 1.79 bits per heavy atom. The summed E-state index contributed by atoms with van der Waals surface area (Å²) in [5.74, 6) is 6.37. The average Bonchev–Trinajstić information content (AvgIpc) is 2.87. The second kappa shape index (κ2) is 10.0. The molecule has 0 radical (unpaired) electrons. The second-order valence-corrected chi connectivity index (χ2v) is 9.34. The first-order valence-corrected chi connectivity index (χ1v) is 12.1. The van der Waals surface area contributed by atoms with Crippen LogP contribution < -0.4 is 0 Å². The summed E-state index contributed by atoms with van der Waals surface area (Å²) in [6.07, 6.45) is 2.13. The van der Waals surface area contributed by atoms with Crippen LogP contribution in [0.25, 0.3) is 0 Å². The minimum atomic E-state index is -0.243. The van der Waals surface area contributed by atoms with E-state index in [1.807, 2.05) is 42.5 Å². The summed E-state index contributed by atoms with van der Waals surface area (Å²) in [5, 5.41) is 10.0. The Kier molecular flexibility index (Phi) is 6.66. The van der Waals surface area contributed by atoms with Gasteiger partial charge in [0, 0.05) is 43.6 Å². The van der Waals surface area contributed by atoms with Crippen LogP contribution in [0.2, 0.25) is 0 Å². The van der Waals surface area contributed by atoms with E-state index >= 15 is 0 Å². The highest BCUT2D eigenvalue weighted by Crippen LogP contribution is 2.43. The molecule has 3 aliphatic heterocycles. The minimum Gasteiger partial charge on any atom is -0.394 e. The molecule has 0 saturated carbocycles. The summed E-state index contributed by atoms with van der Waals surface area (Å²) in [4.78, 5) is 29.4. The molecule has 0 unspecified atom stereocenters. The third kappa shape index (κ3) is 4.46. The van der Waals surface area contributed by atoms with Crippen molar-refractivity contribution < 1.29 is 19.4 Å². The van der Waals surface area contributed by atoms with Crippen molar-refractivity contribution in [3.05, 3.63) is 71.3 Å². The predicted octanol–water partition coefficient (Wildman–Crippen LogP) is 2.20. The molecule has 3 heterocycles. The molecule has 3 aliphatic rings. The lowest BCUT2D eigenvalue weighted by molar-refractivity contribution is -0.169. The highest BCUT2D eigenvalue weighted by Gasteiger charge is 2.54. The summed E-state index contributed by atoms with van der Waals surface area (Å²) < 4.78 is 5.38. The minimum absolute atomic E-state index is 0.00515. The van der Waals surface area contributed by atoms with Gasteiger partial charge in [-0.2, -0.15) is 0 Å². The molecule has 5 rings (SSSR count). The number of nitrogens with zero attached hydrogens (tertiary/aromatic N) is 2. The molecule has 0 bridgehead atoms. The van der Waals surface area contributed by atoms with E-state index in [0.29, 0.717) is 39.0 Å². The van der Waals surface area contributed by atoms with E-state index < -0.39 is 0 Å². The number of ether oxygens (including phenoxy) is 1. The van der Waals surface area contributed by atoms with E-state index in [1.165, 1.54) is 5.56 Å². The lowest BCUT2D eigenvalue weighted by Crippen LogP contribution is -2.73.